The molecule has 1 aliphatic heterocycles. The van der Waals surface area contributed by atoms with Gasteiger partial charge in [0.05, 0.1) is 0 Å². The number of likely N-dealkylation sites (tertiary alicyclic amines) is 1. The fraction of sp³-hybridized carbons (Fsp3) is 0.421. The Morgan fingerprint density at radius 1 is 1.15 bits per heavy atom. The highest BCUT2D eigenvalue weighted by Crippen LogP contribution is 2.20. The van der Waals surface area contributed by atoms with Gasteiger partial charge in [0.25, 0.3) is 5.95 Å². The molecule has 0 aliphatic carbocycles. The van der Waals surface area contributed by atoms with Gasteiger partial charge in [-0.15, -0.1) is 5.10 Å². The molecule has 0 atom stereocenters. The highest BCUT2D eigenvalue weighted by molar-refractivity contribution is 5.92. The molecule has 1 fully saturated rings. The summed E-state index contributed by atoms with van der Waals surface area (Å²) in [6.45, 7) is 10.3. The third-order valence-electron chi connectivity index (χ3n) is 4.65. The Kier molecular flexibility index (Phi) is 5.34. The van der Waals surface area contributed by atoms with Crippen molar-refractivity contribution in [3.05, 3.63) is 41.9 Å². The molecule has 27 heavy (non-hydrogen) atoms. The fourth-order valence-corrected chi connectivity index (χ4v) is 3.26. The molecule has 8 heteroatoms. The van der Waals surface area contributed by atoms with E-state index in [2.05, 4.69) is 27.0 Å². The van der Waals surface area contributed by atoms with Crippen molar-refractivity contribution in [2.24, 2.45) is 5.92 Å². The normalized spacial score (nSPS) is 14.9. The lowest BCUT2D eigenvalue weighted by atomic mass is 9.96. The van der Waals surface area contributed by atoms with Gasteiger partial charge in [0.1, 0.15) is 0 Å². The maximum atomic E-state index is 12.6. The lowest BCUT2D eigenvalue weighted by Crippen LogP contribution is -2.40. The van der Waals surface area contributed by atoms with Gasteiger partial charge >= 0.3 is 0 Å². The summed E-state index contributed by atoms with van der Waals surface area (Å²) in [4.78, 5) is 34.7. The molecule has 0 saturated carbocycles. The third kappa shape index (κ3) is 4.21. The lowest BCUT2D eigenvalue weighted by molar-refractivity contribution is -0.130. The van der Waals surface area contributed by atoms with E-state index in [0.717, 1.165) is 17.1 Å². The minimum atomic E-state index is -0.137. The summed E-state index contributed by atoms with van der Waals surface area (Å²) in [5.41, 5.74) is 2.55. The maximum absolute atomic E-state index is 12.6. The molecule has 8 nitrogen and oxygen atoms in total. The second-order valence-electron chi connectivity index (χ2n) is 6.83. The van der Waals surface area contributed by atoms with E-state index >= 15 is 0 Å². The van der Waals surface area contributed by atoms with Crippen LogP contribution in [0.2, 0.25) is 0 Å². The molecule has 0 radical (unpaired) electrons. The number of amides is 2. The Balaban J connectivity index is 1.67. The van der Waals surface area contributed by atoms with E-state index in [1.165, 1.54) is 6.08 Å². The van der Waals surface area contributed by atoms with Gasteiger partial charge in [-0.3, -0.25) is 9.59 Å². The number of hydrogen-bond acceptors (Lipinski definition) is 5. The van der Waals surface area contributed by atoms with Gasteiger partial charge in [0.2, 0.25) is 11.8 Å². The molecule has 3 rings (SSSR count). The summed E-state index contributed by atoms with van der Waals surface area (Å²) in [5.74, 6) is 0.664. The second kappa shape index (κ2) is 7.69. The Labute approximate surface area is 158 Å². The van der Waals surface area contributed by atoms with Crippen LogP contribution in [0, 0.1) is 26.7 Å². The zero-order valence-corrected chi connectivity index (χ0v) is 15.9. The Morgan fingerprint density at radius 3 is 2.37 bits per heavy atom. The van der Waals surface area contributed by atoms with Crippen molar-refractivity contribution in [3.63, 3.8) is 0 Å². The number of nitrogens with one attached hydrogen (secondary N) is 1. The molecule has 1 N–H and O–H groups in total. The molecule has 3 heterocycles. The smallest absolute Gasteiger partial charge is 0.251 e. The van der Waals surface area contributed by atoms with Crippen LogP contribution < -0.4 is 5.32 Å². The molecule has 142 valence electrons. The van der Waals surface area contributed by atoms with E-state index in [0.29, 0.717) is 37.7 Å². The van der Waals surface area contributed by atoms with Crippen molar-refractivity contribution >= 4 is 17.6 Å². The molecule has 0 unspecified atom stereocenters. The van der Waals surface area contributed by atoms with Crippen LogP contribution in [0.25, 0.3) is 5.95 Å². The molecule has 0 spiro atoms. The summed E-state index contributed by atoms with van der Waals surface area (Å²) in [6.07, 6.45) is 2.57. The van der Waals surface area contributed by atoms with Crippen LogP contribution in [0.1, 0.15) is 29.9 Å². The van der Waals surface area contributed by atoms with Gasteiger partial charge in [0.15, 0.2) is 5.82 Å². The molecule has 0 bridgehead atoms. The number of aromatic nitrogens is 4. The summed E-state index contributed by atoms with van der Waals surface area (Å²) in [6, 6.07) is 3.70. The molecule has 1 saturated heterocycles. The number of nitrogens with zero attached hydrogens (tertiary/aromatic N) is 5. The number of aryl methyl sites for hydroxylation is 3. The number of hydrogen-bond donors (Lipinski definition) is 1. The monoisotopic (exact) mass is 368 g/mol. The molecule has 2 aromatic rings. The Hall–Kier alpha value is -3.03. The summed E-state index contributed by atoms with van der Waals surface area (Å²) < 4.78 is 1.63. The van der Waals surface area contributed by atoms with Crippen molar-refractivity contribution in [2.45, 2.75) is 33.6 Å². The second-order valence-corrected chi connectivity index (χ2v) is 6.83. The Bertz CT molecular complexity index is 860. The number of carbonyl (C=O) groups excluding carboxylic acids is 2. The fourth-order valence-electron chi connectivity index (χ4n) is 3.26. The largest absolute Gasteiger partial charge is 0.339 e. The van der Waals surface area contributed by atoms with Crippen LogP contribution in [0.3, 0.4) is 0 Å². The van der Waals surface area contributed by atoms with E-state index in [1.807, 2.05) is 26.8 Å². The van der Waals surface area contributed by atoms with Gasteiger partial charge in [-0.2, -0.15) is 0 Å². The average molecular weight is 368 g/mol. The van der Waals surface area contributed by atoms with Crippen molar-refractivity contribution in [2.75, 3.05) is 18.4 Å². The molecular weight excluding hydrogens is 344 g/mol. The predicted molar refractivity (Wildman–Crippen MR) is 101 cm³/mol. The first kappa shape index (κ1) is 18.8. The minimum Gasteiger partial charge on any atom is -0.339 e. The Morgan fingerprint density at radius 2 is 1.78 bits per heavy atom. The standard InChI is InChI=1S/C19H24N6O2/c1-5-17(26)24-8-6-15(7-9-24)18(27)22-16-11-14(4)25(23-16)19-20-12(2)10-13(3)21-19/h5,10-11,15H,1,6-9H2,2-4H3,(H,22,23,27). The molecule has 2 amide bonds. The quantitative estimate of drug-likeness (QED) is 0.833. The molecule has 0 aromatic carbocycles. The molecule has 2 aromatic heterocycles. The van der Waals surface area contributed by atoms with E-state index in [4.69, 9.17) is 0 Å². The topological polar surface area (TPSA) is 93.0 Å². The predicted octanol–water partition coefficient (Wildman–Crippen LogP) is 1.95. The highest BCUT2D eigenvalue weighted by atomic mass is 16.2. The molecular formula is C19H24N6O2. The number of anilines is 1. The first-order valence-electron chi connectivity index (χ1n) is 8.99. The minimum absolute atomic E-state index is 0.0771. The van der Waals surface area contributed by atoms with Crippen molar-refractivity contribution < 1.29 is 9.59 Å². The van der Waals surface area contributed by atoms with Crippen LogP contribution in [0.4, 0.5) is 5.82 Å². The zero-order chi connectivity index (χ0) is 19.6. The van der Waals surface area contributed by atoms with Gasteiger partial charge in [-0.05, 0) is 45.8 Å². The first-order chi connectivity index (χ1) is 12.9. The van der Waals surface area contributed by atoms with Crippen molar-refractivity contribution in [3.8, 4) is 5.95 Å². The zero-order valence-electron chi connectivity index (χ0n) is 15.9. The SMILES string of the molecule is C=CC(=O)N1CCC(C(=O)Nc2cc(C)n(-c3nc(C)cc(C)n3)n2)CC1. The third-order valence-corrected chi connectivity index (χ3v) is 4.65. The van der Waals surface area contributed by atoms with Gasteiger partial charge in [-0.1, -0.05) is 6.58 Å². The van der Waals surface area contributed by atoms with Gasteiger partial charge in [0, 0.05) is 42.2 Å². The lowest BCUT2D eigenvalue weighted by Gasteiger charge is -2.30. The van der Waals surface area contributed by atoms with Crippen LogP contribution in [0.15, 0.2) is 24.8 Å². The summed E-state index contributed by atoms with van der Waals surface area (Å²) in [7, 11) is 0. The van der Waals surface area contributed by atoms with Crippen LogP contribution in [-0.2, 0) is 9.59 Å². The van der Waals surface area contributed by atoms with Crippen molar-refractivity contribution in [1.29, 1.82) is 0 Å². The number of carbonyl (C=O) groups is 2. The maximum Gasteiger partial charge on any atom is 0.251 e. The van der Waals surface area contributed by atoms with E-state index < -0.39 is 0 Å². The molecule has 1 aliphatic rings. The van der Waals surface area contributed by atoms with Crippen LogP contribution in [0.5, 0.6) is 0 Å². The van der Waals surface area contributed by atoms with Gasteiger partial charge < -0.3 is 10.2 Å². The number of rotatable bonds is 4. The van der Waals surface area contributed by atoms with Gasteiger partial charge in [-0.25, -0.2) is 14.6 Å². The van der Waals surface area contributed by atoms with E-state index in [-0.39, 0.29) is 17.7 Å². The van der Waals surface area contributed by atoms with Crippen LogP contribution >= 0.6 is 0 Å². The van der Waals surface area contributed by atoms with E-state index in [1.54, 1.807) is 15.6 Å². The highest BCUT2D eigenvalue weighted by Gasteiger charge is 2.27. The van der Waals surface area contributed by atoms with Crippen LogP contribution in [-0.4, -0.2) is 49.6 Å². The average Bonchev–Trinajstić information content (AvgIpc) is 3.00. The number of piperidine rings is 1. The van der Waals surface area contributed by atoms with Crippen molar-refractivity contribution in [1.82, 2.24) is 24.6 Å². The summed E-state index contributed by atoms with van der Waals surface area (Å²) >= 11 is 0. The first-order valence-corrected chi connectivity index (χ1v) is 8.99. The summed E-state index contributed by atoms with van der Waals surface area (Å²) in [5, 5.41) is 7.32. The van der Waals surface area contributed by atoms with E-state index in [9.17, 15) is 9.59 Å².